The van der Waals surface area contributed by atoms with E-state index in [4.69, 9.17) is 23.4 Å². The lowest BCUT2D eigenvalue weighted by molar-refractivity contribution is -0.143. The summed E-state index contributed by atoms with van der Waals surface area (Å²) in [4.78, 5) is 29.9. The second-order valence-electron chi connectivity index (χ2n) is 7.08. The fraction of sp³-hybridized carbons (Fsp3) is 0.261. The zero-order chi connectivity index (χ0) is 22.9. The van der Waals surface area contributed by atoms with Gasteiger partial charge in [-0.15, -0.1) is 0 Å². The second-order valence-corrected chi connectivity index (χ2v) is 8.09. The van der Waals surface area contributed by atoms with Crippen LogP contribution in [0.5, 0.6) is 17.2 Å². The van der Waals surface area contributed by atoms with Crippen molar-refractivity contribution in [3.63, 3.8) is 0 Å². The zero-order valence-corrected chi connectivity index (χ0v) is 18.8. The van der Waals surface area contributed by atoms with Gasteiger partial charge in [0.15, 0.2) is 33.4 Å². The maximum atomic E-state index is 13.0. The Bertz CT molecular complexity index is 1450. The van der Waals surface area contributed by atoms with Crippen LogP contribution in [0, 0.1) is 0 Å². The molecule has 0 saturated heterocycles. The van der Waals surface area contributed by atoms with E-state index in [1.807, 2.05) is 25.1 Å². The van der Waals surface area contributed by atoms with Gasteiger partial charge in [0.05, 0.1) is 23.4 Å². The first-order chi connectivity index (χ1) is 16.1. The molecule has 0 saturated carbocycles. The molecule has 33 heavy (non-hydrogen) atoms. The molecule has 10 heteroatoms. The molecule has 0 bridgehead atoms. The van der Waals surface area contributed by atoms with E-state index in [-0.39, 0.29) is 25.7 Å². The molecular weight excluding hydrogens is 448 g/mol. The van der Waals surface area contributed by atoms with Crippen LogP contribution in [0.25, 0.3) is 21.2 Å². The minimum absolute atomic E-state index is 0.0754. The number of esters is 1. The van der Waals surface area contributed by atoms with Crippen LogP contribution < -0.4 is 19.0 Å². The van der Waals surface area contributed by atoms with Crippen LogP contribution in [0.1, 0.15) is 24.4 Å². The number of aromatic nitrogens is 1. The third kappa shape index (κ3) is 3.93. The fourth-order valence-corrected chi connectivity index (χ4v) is 4.62. The first kappa shape index (κ1) is 21.1. The number of amides is 1. The lowest BCUT2D eigenvalue weighted by Crippen LogP contribution is -2.23. The molecule has 1 aliphatic heterocycles. The maximum Gasteiger partial charge on any atom is 0.326 e. The summed E-state index contributed by atoms with van der Waals surface area (Å²) in [5.41, 5.74) is 1.17. The van der Waals surface area contributed by atoms with Crippen molar-refractivity contribution < 1.29 is 33.0 Å². The molecule has 3 heterocycles. The fourth-order valence-electron chi connectivity index (χ4n) is 3.59. The molecule has 0 atom stereocenters. The number of benzene rings is 2. The topological polar surface area (TPSA) is 101 Å². The molecule has 0 spiro atoms. The number of rotatable bonds is 6. The normalized spacial score (nSPS) is 13.1. The monoisotopic (exact) mass is 468 g/mol. The van der Waals surface area contributed by atoms with Gasteiger partial charge in [0, 0.05) is 17.5 Å². The standard InChI is InChI=1S/C23H20N2O7S/c1-3-28-15-7-5-6-13-8-18(32-21(13)15)22(27)24-23-25(11-20(26)29-4-2)14-9-16-17(31-12-30-16)10-19(14)33-23/h5-10H,3-4,11-12H2,1-2H3. The lowest BCUT2D eigenvalue weighted by atomic mass is 10.2. The second kappa shape index (κ2) is 8.62. The van der Waals surface area contributed by atoms with E-state index in [9.17, 15) is 9.59 Å². The summed E-state index contributed by atoms with van der Waals surface area (Å²) < 4.78 is 29.8. The van der Waals surface area contributed by atoms with E-state index in [0.29, 0.717) is 39.8 Å². The average molecular weight is 468 g/mol. The molecule has 2 aromatic carbocycles. The van der Waals surface area contributed by atoms with Gasteiger partial charge in [0.25, 0.3) is 0 Å². The first-order valence-corrected chi connectivity index (χ1v) is 11.2. The third-order valence-electron chi connectivity index (χ3n) is 4.99. The molecule has 2 aromatic heterocycles. The van der Waals surface area contributed by atoms with E-state index in [0.717, 1.165) is 10.1 Å². The molecule has 1 aliphatic rings. The van der Waals surface area contributed by atoms with Gasteiger partial charge < -0.3 is 27.9 Å². The Labute approximate surface area is 191 Å². The van der Waals surface area contributed by atoms with Crippen molar-refractivity contribution >= 4 is 44.4 Å². The van der Waals surface area contributed by atoms with E-state index in [1.165, 1.54) is 11.3 Å². The first-order valence-electron chi connectivity index (χ1n) is 10.4. The van der Waals surface area contributed by atoms with Crippen LogP contribution in [0.15, 0.2) is 45.8 Å². The SMILES string of the molecule is CCOC(=O)Cn1c(=NC(=O)c2cc3cccc(OCC)c3o2)sc2cc3c(cc21)OCO3. The zero-order valence-electron chi connectivity index (χ0n) is 18.0. The summed E-state index contributed by atoms with van der Waals surface area (Å²) in [6.07, 6.45) is 0. The third-order valence-corrected chi connectivity index (χ3v) is 6.03. The number of hydrogen-bond acceptors (Lipinski definition) is 8. The van der Waals surface area contributed by atoms with Crippen molar-refractivity contribution in [3.8, 4) is 17.2 Å². The van der Waals surface area contributed by atoms with Crippen LogP contribution in [0.3, 0.4) is 0 Å². The minimum Gasteiger partial charge on any atom is -0.490 e. The molecule has 1 amide bonds. The van der Waals surface area contributed by atoms with Crippen LogP contribution in [-0.2, 0) is 16.1 Å². The van der Waals surface area contributed by atoms with Gasteiger partial charge in [-0.2, -0.15) is 4.99 Å². The van der Waals surface area contributed by atoms with Crippen LogP contribution >= 0.6 is 11.3 Å². The Balaban J connectivity index is 1.60. The minimum atomic E-state index is -0.571. The van der Waals surface area contributed by atoms with E-state index in [2.05, 4.69) is 4.99 Å². The summed E-state index contributed by atoms with van der Waals surface area (Å²) in [5, 5.41) is 0.737. The van der Waals surface area contributed by atoms with Crippen LogP contribution in [0.4, 0.5) is 0 Å². The summed E-state index contributed by atoms with van der Waals surface area (Å²) >= 11 is 1.26. The van der Waals surface area contributed by atoms with Gasteiger partial charge >= 0.3 is 11.9 Å². The predicted octanol–water partition coefficient (Wildman–Crippen LogP) is 3.88. The summed E-state index contributed by atoms with van der Waals surface area (Å²) in [6, 6.07) is 10.7. The summed E-state index contributed by atoms with van der Waals surface area (Å²) in [7, 11) is 0. The number of ether oxygens (including phenoxy) is 4. The van der Waals surface area contributed by atoms with E-state index >= 15 is 0 Å². The maximum absolute atomic E-state index is 13.0. The number of carbonyl (C=O) groups excluding carboxylic acids is 2. The van der Waals surface area contributed by atoms with Crippen molar-refractivity contribution in [1.29, 1.82) is 0 Å². The molecule has 0 N–H and O–H groups in total. The van der Waals surface area contributed by atoms with E-state index < -0.39 is 11.9 Å². The number of hydrogen-bond donors (Lipinski definition) is 0. The van der Waals surface area contributed by atoms with Crippen LogP contribution in [0.2, 0.25) is 0 Å². The van der Waals surface area contributed by atoms with Crippen molar-refractivity contribution in [2.24, 2.45) is 4.99 Å². The van der Waals surface area contributed by atoms with Gasteiger partial charge in [0.2, 0.25) is 6.79 Å². The van der Waals surface area contributed by atoms with Gasteiger partial charge in [0.1, 0.15) is 6.54 Å². The Morgan fingerprint density at radius 3 is 2.73 bits per heavy atom. The highest BCUT2D eigenvalue weighted by Gasteiger charge is 2.20. The Kier molecular flexibility index (Phi) is 5.51. The average Bonchev–Trinajstić information content (AvgIpc) is 3.50. The number of carbonyl (C=O) groups is 2. The molecular formula is C23H20N2O7S. The van der Waals surface area contributed by atoms with Gasteiger partial charge in [-0.1, -0.05) is 23.5 Å². The van der Waals surface area contributed by atoms with Crippen molar-refractivity contribution in [3.05, 3.63) is 47.0 Å². The van der Waals surface area contributed by atoms with Gasteiger partial charge in [-0.05, 0) is 26.0 Å². The highest BCUT2D eigenvalue weighted by atomic mass is 32.1. The van der Waals surface area contributed by atoms with Crippen molar-refractivity contribution in [1.82, 2.24) is 4.57 Å². The predicted molar refractivity (Wildman–Crippen MR) is 120 cm³/mol. The van der Waals surface area contributed by atoms with Crippen LogP contribution in [-0.4, -0.2) is 36.5 Å². The number of fused-ring (bicyclic) bond motifs is 3. The highest BCUT2D eigenvalue weighted by molar-refractivity contribution is 7.16. The smallest absolute Gasteiger partial charge is 0.326 e. The number of nitrogens with zero attached hydrogens (tertiary/aromatic N) is 2. The molecule has 9 nitrogen and oxygen atoms in total. The molecule has 0 aliphatic carbocycles. The summed E-state index contributed by atoms with van der Waals surface area (Å²) in [5.74, 6) is 0.795. The Morgan fingerprint density at radius 2 is 1.94 bits per heavy atom. The van der Waals surface area contributed by atoms with Crippen molar-refractivity contribution in [2.45, 2.75) is 20.4 Å². The lowest BCUT2D eigenvalue weighted by Gasteiger charge is -2.05. The molecule has 0 fully saturated rings. The number of furan rings is 1. The summed E-state index contributed by atoms with van der Waals surface area (Å²) in [6.45, 7) is 4.36. The molecule has 0 unspecified atom stereocenters. The van der Waals surface area contributed by atoms with Gasteiger partial charge in [-0.3, -0.25) is 9.59 Å². The van der Waals surface area contributed by atoms with E-state index in [1.54, 1.807) is 29.7 Å². The number of para-hydroxylation sites is 1. The number of thiazole rings is 1. The molecule has 0 radical (unpaired) electrons. The van der Waals surface area contributed by atoms with Crippen molar-refractivity contribution in [2.75, 3.05) is 20.0 Å². The molecule has 5 rings (SSSR count). The quantitative estimate of drug-likeness (QED) is 0.396. The highest BCUT2D eigenvalue weighted by Crippen LogP contribution is 2.37. The Morgan fingerprint density at radius 1 is 1.12 bits per heavy atom. The molecule has 170 valence electrons. The van der Waals surface area contributed by atoms with Gasteiger partial charge in [-0.25, -0.2) is 0 Å². The molecule has 4 aromatic rings. The largest absolute Gasteiger partial charge is 0.490 e. The Hall–Kier alpha value is -3.79.